The summed E-state index contributed by atoms with van der Waals surface area (Å²) < 4.78 is 0. The number of anilines is 1. The molecule has 1 aromatic heterocycles. The van der Waals surface area contributed by atoms with Crippen LogP contribution in [0.1, 0.15) is 17.7 Å². The largest absolute Gasteiger partial charge is 0.370 e. The van der Waals surface area contributed by atoms with Crippen LogP contribution in [-0.4, -0.2) is 42.6 Å². The lowest BCUT2D eigenvalue weighted by Crippen LogP contribution is -2.43. The number of aromatic nitrogens is 1. The smallest absolute Gasteiger partial charge is 0.129 e. The van der Waals surface area contributed by atoms with Crippen LogP contribution in [0, 0.1) is 0 Å². The fourth-order valence-corrected chi connectivity index (χ4v) is 2.56. The molecule has 0 aliphatic carbocycles. The molecule has 2 N–H and O–H groups in total. The van der Waals surface area contributed by atoms with Gasteiger partial charge in [0.2, 0.25) is 0 Å². The van der Waals surface area contributed by atoms with Crippen molar-refractivity contribution in [3.8, 4) is 0 Å². The van der Waals surface area contributed by atoms with E-state index in [2.05, 4.69) is 27.7 Å². The Morgan fingerprint density at radius 1 is 1.18 bits per heavy atom. The standard InChI is InChI=1S/C13H20N4/c1-2-11-3-4-12(16-13(11)15-5-1)10-17-8-6-14-7-9-17/h3-4,14H,1-2,5-10H2,(H,15,16). The van der Waals surface area contributed by atoms with E-state index in [1.807, 2.05) is 0 Å². The van der Waals surface area contributed by atoms with E-state index in [1.165, 1.54) is 24.1 Å². The van der Waals surface area contributed by atoms with Crippen molar-refractivity contribution in [3.05, 3.63) is 23.4 Å². The first kappa shape index (κ1) is 11.0. The van der Waals surface area contributed by atoms with E-state index < -0.39 is 0 Å². The molecule has 17 heavy (non-hydrogen) atoms. The third-order valence-corrected chi connectivity index (χ3v) is 3.55. The molecule has 92 valence electrons. The number of nitrogens with zero attached hydrogens (tertiary/aromatic N) is 2. The lowest BCUT2D eigenvalue weighted by atomic mass is 10.1. The molecule has 0 saturated carbocycles. The van der Waals surface area contributed by atoms with Crippen LogP contribution in [0.2, 0.25) is 0 Å². The van der Waals surface area contributed by atoms with Gasteiger partial charge >= 0.3 is 0 Å². The third kappa shape index (κ3) is 2.58. The minimum Gasteiger partial charge on any atom is -0.370 e. The zero-order valence-corrected chi connectivity index (χ0v) is 10.2. The summed E-state index contributed by atoms with van der Waals surface area (Å²) >= 11 is 0. The van der Waals surface area contributed by atoms with Gasteiger partial charge in [-0.15, -0.1) is 0 Å². The summed E-state index contributed by atoms with van der Waals surface area (Å²) in [6.07, 6.45) is 2.40. The topological polar surface area (TPSA) is 40.2 Å². The molecule has 3 rings (SSSR count). The number of rotatable bonds is 2. The zero-order chi connectivity index (χ0) is 11.5. The molecule has 2 aliphatic heterocycles. The first-order valence-corrected chi connectivity index (χ1v) is 6.57. The van der Waals surface area contributed by atoms with Gasteiger partial charge in [-0.05, 0) is 24.5 Å². The maximum absolute atomic E-state index is 4.73. The van der Waals surface area contributed by atoms with Gasteiger partial charge in [0.25, 0.3) is 0 Å². The van der Waals surface area contributed by atoms with Gasteiger partial charge in [-0.25, -0.2) is 4.98 Å². The van der Waals surface area contributed by atoms with Crippen LogP contribution in [-0.2, 0) is 13.0 Å². The molecule has 0 radical (unpaired) electrons. The Balaban J connectivity index is 1.70. The predicted octanol–water partition coefficient (Wildman–Crippen LogP) is 0.845. The fraction of sp³-hybridized carbons (Fsp3) is 0.615. The van der Waals surface area contributed by atoms with Crippen molar-refractivity contribution >= 4 is 5.82 Å². The van der Waals surface area contributed by atoms with E-state index in [0.29, 0.717) is 0 Å². The Morgan fingerprint density at radius 3 is 2.94 bits per heavy atom. The van der Waals surface area contributed by atoms with Crippen LogP contribution in [0.4, 0.5) is 5.82 Å². The third-order valence-electron chi connectivity index (χ3n) is 3.55. The summed E-state index contributed by atoms with van der Waals surface area (Å²) in [5, 5.41) is 6.77. The van der Waals surface area contributed by atoms with Crippen LogP contribution in [0.25, 0.3) is 0 Å². The van der Waals surface area contributed by atoms with Gasteiger partial charge in [0.05, 0.1) is 5.69 Å². The Bertz CT molecular complexity index is 385. The van der Waals surface area contributed by atoms with Crippen molar-refractivity contribution in [2.45, 2.75) is 19.4 Å². The molecular formula is C13H20N4. The lowest BCUT2D eigenvalue weighted by molar-refractivity contribution is 0.231. The average molecular weight is 232 g/mol. The fourth-order valence-electron chi connectivity index (χ4n) is 2.56. The minimum absolute atomic E-state index is 0.983. The van der Waals surface area contributed by atoms with E-state index in [1.54, 1.807) is 0 Å². The summed E-state index contributed by atoms with van der Waals surface area (Å²) in [5.74, 6) is 1.11. The first-order valence-electron chi connectivity index (χ1n) is 6.57. The number of fused-ring (bicyclic) bond motifs is 1. The number of aryl methyl sites for hydroxylation is 1. The van der Waals surface area contributed by atoms with Gasteiger partial charge in [0.1, 0.15) is 5.82 Å². The highest BCUT2D eigenvalue weighted by atomic mass is 15.2. The predicted molar refractivity (Wildman–Crippen MR) is 69.2 cm³/mol. The molecule has 0 spiro atoms. The monoisotopic (exact) mass is 232 g/mol. The molecule has 1 fully saturated rings. The van der Waals surface area contributed by atoms with Crippen LogP contribution < -0.4 is 10.6 Å². The Hall–Kier alpha value is -1.13. The van der Waals surface area contributed by atoms with Crippen molar-refractivity contribution in [1.82, 2.24) is 15.2 Å². The summed E-state index contributed by atoms with van der Waals surface area (Å²) in [6, 6.07) is 4.43. The van der Waals surface area contributed by atoms with Gasteiger partial charge in [-0.1, -0.05) is 6.07 Å². The Kier molecular flexibility index (Phi) is 3.25. The molecule has 1 saturated heterocycles. The van der Waals surface area contributed by atoms with Crippen molar-refractivity contribution in [1.29, 1.82) is 0 Å². The molecule has 0 unspecified atom stereocenters. The number of nitrogens with one attached hydrogen (secondary N) is 2. The molecular weight excluding hydrogens is 212 g/mol. The molecule has 3 heterocycles. The molecule has 0 atom stereocenters. The average Bonchev–Trinajstić information content (AvgIpc) is 2.40. The second kappa shape index (κ2) is 5.02. The highest BCUT2D eigenvalue weighted by Gasteiger charge is 2.13. The van der Waals surface area contributed by atoms with E-state index in [4.69, 9.17) is 4.98 Å². The summed E-state index contributed by atoms with van der Waals surface area (Å²) in [6.45, 7) is 6.51. The number of hydrogen-bond acceptors (Lipinski definition) is 4. The van der Waals surface area contributed by atoms with Gasteiger partial charge in [0, 0.05) is 39.3 Å². The summed E-state index contributed by atoms with van der Waals surface area (Å²) in [5.41, 5.74) is 2.57. The molecule has 4 nitrogen and oxygen atoms in total. The van der Waals surface area contributed by atoms with Crippen molar-refractivity contribution in [2.75, 3.05) is 38.0 Å². The van der Waals surface area contributed by atoms with Gasteiger partial charge < -0.3 is 10.6 Å². The number of piperazine rings is 1. The van der Waals surface area contributed by atoms with Crippen molar-refractivity contribution < 1.29 is 0 Å². The molecule has 0 amide bonds. The van der Waals surface area contributed by atoms with Crippen LogP contribution in [0.5, 0.6) is 0 Å². The molecule has 0 aromatic carbocycles. The quantitative estimate of drug-likeness (QED) is 0.793. The van der Waals surface area contributed by atoms with Crippen molar-refractivity contribution in [2.24, 2.45) is 0 Å². The van der Waals surface area contributed by atoms with E-state index in [0.717, 1.165) is 45.1 Å². The maximum atomic E-state index is 4.73. The van der Waals surface area contributed by atoms with E-state index in [9.17, 15) is 0 Å². The zero-order valence-electron chi connectivity index (χ0n) is 10.2. The minimum atomic E-state index is 0.983. The summed E-state index contributed by atoms with van der Waals surface area (Å²) in [4.78, 5) is 7.20. The highest BCUT2D eigenvalue weighted by molar-refractivity contribution is 5.46. The second-order valence-electron chi connectivity index (χ2n) is 4.87. The lowest BCUT2D eigenvalue weighted by Gasteiger charge is -2.27. The van der Waals surface area contributed by atoms with Gasteiger partial charge in [-0.2, -0.15) is 0 Å². The number of hydrogen-bond donors (Lipinski definition) is 2. The van der Waals surface area contributed by atoms with Crippen molar-refractivity contribution in [3.63, 3.8) is 0 Å². The van der Waals surface area contributed by atoms with Crippen LogP contribution >= 0.6 is 0 Å². The molecule has 1 aromatic rings. The Labute approximate surface area is 102 Å². The summed E-state index contributed by atoms with van der Waals surface area (Å²) in [7, 11) is 0. The SMILES string of the molecule is c1cc2c(nc1CN1CCNCC1)NCCC2. The van der Waals surface area contributed by atoms with Crippen LogP contribution in [0.3, 0.4) is 0 Å². The first-order chi connectivity index (χ1) is 8.42. The Morgan fingerprint density at radius 2 is 2.06 bits per heavy atom. The number of pyridine rings is 1. The normalized spacial score (nSPS) is 20.7. The maximum Gasteiger partial charge on any atom is 0.129 e. The van der Waals surface area contributed by atoms with Gasteiger partial charge in [-0.3, -0.25) is 4.90 Å². The van der Waals surface area contributed by atoms with Gasteiger partial charge in [0.15, 0.2) is 0 Å². The van der Waals surface area contributed by atoms with E-state index >= 15 is 0 Å². The highest BCUT2D eigenvalue weighted by Crippen LogP contribution is 2.20. The van der Waals surface area contributed by atoms with E-state index in [-0.39, 0.29) is 0 Å². The molecule has 2 aliphatic rings. The van der Waals surface area contributed by atoms with Crippen LogP contribution in [0.15, 0.2) is 12.1 Å². The molecule has 4 heteroatoms. The second-order valence-corrected chi connectivity index (χ2v) is 4.87. The molecule has 0 bridgehead atoms.